The molecular formula is C13H8FN3O4. The SMILES string of the molecule is O=c1oc2cccnc2n1Cc1cccc([N+](=O)[O-])c1F. The number of pyridine rings is 1. The van der Waals surface area contributed by atoms with E-state index in [0.717, 1.165) is 10.6 Å². The number of benzene rings is 1. The van der Waals surface area contributed by atoms with E-state index in [-0.39, 0.29) is 23.3 Å². The van der Waals surface area contributed by atoms with E-state index >= 15 is 0 Å². The van der Waals surface area contributed by atoms with Crippen molar-refractivity contribution in [2.24, 2.45) is 0 Å². The van der Waals surface area contributed by atoms with E-state index in [1.54, 1.807) is 12.1 Å². The maximum Gasteiger partial charge on any atom is 0.421 e. The van der Waals surface area contributed by atoms with Crippen molar-refractivity contribution in [3.63, 3.8) is 0 Å². The summed E-state index contributed by atoms with van der Waals surface area (Å²) in [4.78, 5) is 25.7. The van der Waals surface area contributed by atoms with E-state index in [1.165, 1.54) is 18.3 Å². The fraction of sp³-hybridized carbons (Fsp3) is 0.0769. The Bertz CT molecular complexity index is 900. The number of fused-ring (bicyclic) bond motifs is 1. The highest BCUT2D eigenvalue weighted by Gasteiger charge is 2.19. The van der Waals surface area contributed by atoms with Gasteiger partial charge in [0.05, 0.1) is 11.5 Å². The standard InChI is InChI=1S/C13H8FN3O4/c14-11-8(3-1-4-9(11)17(19)20)7-16-12-10(21-13(16)18)5-2-6-15-12/h1-6H,7H2. The zero-order valence-electron chi connectivity index (χ0n) is 10.5. The number of hydrogen-bond donors (Lipinski definition) is 0. The van der Waals surface area contributed by atoms with Gasteiger partial charge >= 0.3 is 11.4 Å². The first-order valence-electron chi connectivity index (χ1n) is 5.94. The fourth-order valence-corrected chi connectivity index (χ4v) is 2.04. The van der Waals surface area contributed by atoms with Gasteiger partial charge in [0.25, 0.3) is 0 Å². The molecule has 8 heteroatoms. The van der Waals surface area contributed by atoms with Gasteiger partial charge in [-0.15, -0.1) is 0 Å². The Morgan fingerprint density at radius 1 is 1.33 bits per heavy atom. The molecule has 2 heterocycles. The maximum atomic E-state index is 14.0. The first-order chi connectivity index (χ1) is 10.1. The summed E-state index contributed by atoms with van der Waals surface area (Å²) in [5, 5.41) is 10.7. The highest BCUT2D eigenvalue weighted by molar-refractivity contribution is 5.67. The van der Waals surface area contributed by atoms with Crippen LogP contribution >= 0.6 is 0 Å². The summed E-state index contributed by atoms with van der Waals surface area (Å²) in [5.41, 5.74) is -0.0947. The summed E-state index contributed by atoms with van der Waals surface area (Å²) in [6.45, 7) is -0.198. The Hall–Kier alpha value is -3.03. The Balaban J connectivity index is 2.11. The van der Waals surface area contributed by atoms with Gasteiger partial charge in [-0.1, -0.05) is 12.1 Å². The average Bonchev–Trinajstić information content (AvgIpc) is 2.77. The fourth-order valence-electron chi connectivity index (χ4n) is 2.04. The normalized spacial score (nSPS) is 10.9. The summed E-state index contributed by atoms with van der Waals surface area (Å²) in [6.07, 6.45) is 1.47. The highest BCUT2D eigenvalue weighted by atomic mass is 19.1. The lowest BCUT2D eigenvalue weighted by Gasteiger charge is -2.04. The number of nitro benzene ring substituents is 1. The highest BCUT2D eigenvalue weighted by Crippen LogP contribution is 2.21. The summed E-state index contributed by atoms with van der Waals surface area (Å²) in [7, 11) is 0. The summed E-state index contributed by atoms with van der Waals surface area (Å²) in [6, 6.07) is 6.95. The van der Waals surface area contributed by atoms with Crippen LogP contribution in [0, 0.1) is 15.9 Å². The number of halogens is 1. The van der Waals surface area contributed by atoms with Gasteiger partial charge in [-0.2, -0.15) is 4.39 Å². The molecule has 0 aliphatic carbocycles. The molecule has 0 amide bonds. The molecule has 0 aliphatic heterocycles. The van der Waals surface area contributed by atoms with Crippen LogP contribution in [0.2, 0.25) is 0 Å². The second-order valence-corrected chi connectivity index (χ2v) is 4.29. The average molecular weight is 289 g/mol. The third-order valence-corrected chi connectivity index (χ3v) is 3.01. The lowest BCUT2D eigenvalue weighted by molar-refractivity contribution is -0.387. The van der Waals surface area contributed by atoms with Gasteiger partial charge in [-0.3, -0.25) is 14.7 Å². The van der Waals surface area contributed by atoms with Crippen LogP contribution < -0.4 is 5.76 Å². The van der Waals surface area contributed by atoms with Crippen molar-refractivity contribution in [3.8, 4) is 0 Å². The van der Waals surface area contributed by atoms with Gasteiger partial charge in [0.15, 0.2) is 11.2 Å². The number of aromatic nitrogens is 2. The molecule has 7 nitrogen and oxygen atoms in total. The third-order valence-electron chi connectivity index (χ3n) is 3.01. The second kappa shape index (κ2) is 4.82. The van der Waals surface area contributed by atoms with Crippen molar-refractivity contribution < 1.29 is 13.7 Å². The van der Waals surface area contributed by atoms with E-state index < -0.39 is 22.2 Å². The molecule has 0 atom stereocenters. The molecule has 0 aliphatic rings. The minimum atomic E-state index is -0.973. The zero-order chi connectivity index (χ0) is 15.0. The molecular weight excluding hydrogens is 281 g/mol. The number of rotatable bonds is 3. The van der Waals surface area contributed by atoms with Crippen LogP contribution in [-0.4, -0.2) is 14.5 Å². The molecule has 2 aromatic heterocycles. The number of nitro groups is 1. The van der Waals surface area contributed by atoms with Crippen LogP contribution in [0.25, 0.3) is 11.2 Å². The van der Waals surface area contributed by atoms with Crippen LogP contribution in [0.5, 0.6) is 0 Å². The van der Waals surface area contributed by atoms with Gasteiger partial charge < -0.3 is 4.42 Å². The first-order valence-corrected chi connectivity index (χ1v) is 5.94. The van der Waals surface area contributed by atoms with E-state index in [0.29, 0.717) is 0 Å². The van der Waals surface area contributed by atoms with E-state index in [9.17, 15) is 19.3 Å². The van der Waals surface area contributed by atoms with E-state index in [2.05, 4.69) is 4.98 Å². The minimum Gasteiger partial charge on any atom is -0.406 e. The number of hydrogen-bond acceptors (Lipinski definition) is 5. The summed E-state index contributed by atoms with van der Waals surface area (Å²) >= 11 is 0. The summed E-state index contributed by atoms with van der Waals surface area (Å²) in [5.74, 6) is -1.67. The van der Waals surface area contributed by atoms with E-state index in [1.807, 2.05) is 0 Å². The summed E-state index contributed by atoms with van der Waals surface area (Å²) < 4.78 is 20.1. The predicted molar refractivity (Wildman–Crippen MR) is 70.4 cm³/mol. The lowest BCUT2D eigenvalue weighted by atomic mass is 10.2. The first kappa shape index (κ1) is 13.0. The quantitative estimate of drug-likeness (QED) is 0.544. The number of oxazole rings is 1. The molecule has 3 rings (SSSR count). The Kier molecular flexibility index (Phi) is 2.98. The Labute approximate surface area is 116 Å². The zero-order valence-corrected chi connectivity index (χ0v) is 10.5. The molecule has 0 saturated carbocycles. The molecule has 21 heavy (non-hydrogen) atoms. The van der Waals surface area contributed by atoms with Crippen LogP contribution in [0.3, 0.4) is 0 Å². The van der Waals surface area contributed by atoms with Gasteiger partial charge in [0.1, 0.15) is 0 Å². The van der Waals surface area contributed by atoms with Gasteiger partial charge in [0, 0.05) is 17.8 Å². The molecule has 0 spiro atoms. The van der Waals surface area contributed by atoms with Gasteiger partial charge in [0.2, 0.25) is 5.82 Å². The third kappa shape index (κ3) is 2.16. The van der Waals surface area contributed by atoms with Crippen molar-refractivity contribution >= 4 is 16.9 Å². The van der Waals surface area contributed by atoms with Crippen LogP contribution in [0.4, 0.5) is 10.1 Å². The maximum absolute atomic E-state index is 14.0. The van der Waals surface area contributed by atoms with Crippen molar-refractivity contribution in [2.75, 3.05) is 0 Å². The van der Waals surface area contributed by atoms with Gasteiger partial charge in [-0.05, 0) is 12.1 Å². The minimum absolute atomic E-state index is 0.0136. The monoisotopic (exact) mass is 289 g/mol. The molecule has 0 unspecified atom stereocenters. The Morgan fingerprint density at radius 2 is 2.14 bits per heavy atom. The topological polar surface area (TPSA) is 91.2 Å². The number of nitrogens with zero attached hydrogens (tertiary/aromatic N) is 3. The second-order valence-electron chi connectivity index (χ2n) is 4.29. The Morgan fingerprint density at radius 3 is 2.90 bits per heavy atom. The van der Waals surface area contributed by atoms with Crippen LogP contribution in [0.15, 0.2) is 45.7 Å². The molecule has 106 valence electrons. The molecule has 0 bridgehead atoms. The molecule has 0 saturated heterocycles. The van der Waals surface area contributed by atoms with Crippen molar-refractivity contribution in [3.05, 3.63) is 68.6 Å². The van der Waals surface area contributed by atoms with Crippen molar-refractivity contribution in [1.82, 2.24) is 9.55 Å². The van der Waals surface area contributed by atoms with Crippen LogP contribution in [0.1, 0.15) is 5.56 Å². The molecule has 0 fully saturated rings. The van der Waals surface area contributed by atoms with Crippen LogP contribution in [-0.2, 0) is 6.54 Å². The molecule has 3 aromatic rings. The smallest absolute Gasteiger partial charge is 0.406 e. The molecule has 0 radical (unpaired) electrons. The van der Waals surface area contributed by atoms with Crippen molar-refractivity contribution in [1.29, 1.82) is 0 Å². The van der Waals surface area contributed by atoms with Gasteiger partial charge in [-0.25, -0.2) is 9.78 Å². The predicted octanol–water partition coefficient (Wildman–Crippen LogP) is 2.09. The van der Waals surface area contributed by atoms with E-state index in [4.69, 9.17) is 4.42 Å². The largest absolute Gasteiger partial charge is 0.421 e. The molecule has 0 N–H and O–H groups in total. The lowest BCUT2D eigenvalue weighted by Crippen LogP contribution is -2.16. The van der Waals surface area contributed by atoms with Crippen molar-refractivity contribution in [2.45, 2.75) is 6.54 Å². The molecule has 1 aromatic carbocycles.